The van der Waals surface area contributed by atoms with Gasteiger partial charge in [-0.2, -0.15) is 0 Å². The van der Waals surface area contributed by atoms with Crippen molar-refractivity contribution in [3.05, 3.63) is 80.0 Å². The Balaban J connectivity index is 1.76. The Morgan fingerprint density at radius 2 is 1.48 bits per heavy atom. The zero-order chi connectivity index (χ0) is 22.1. The largest absolute Gasteiger partial charge is 0.338 e. The monoisotopic (exact) mass is 493 g/mol. The van der Waals surface area contributed by atoms with Crippen LogP contribution < -0.4 is 10.9 Å². The van der Waals surface area contributed by atoms with Gasteiger partial charge in [-0.05, 0) is 24.3 Å². The molecule has 0 saturated heterocycles. The fourth-order valence-electron chi connectivity index (χ4n) is 2.88. The van der Waals surface area contributed by atoms with Gasteiger partial charge in [0.05, 0.1) is 42.3 Å². The molecule has 4 rings (SSSR count). The third-order valence-corrected chi connectivity index (χ3v) is 6.11. The molecule has 0 aliphatic heterocycles. The van der Waals surface area contributed by atoms with Crippen LogP contribution in [-0.2, 0) is 0 Å². The molecule has 11 heteroatoms. The molecule has 4 aromatic rings. The van der Waals surface area contributed by atoms with Crippen molar-refractivity contribution in [2.24, 2.45) is 0 Å². The number of amides is 2. The second-order valence-electron chi connectivity index (χ2n) is 6.23. The highest BCUT2D eigenvalue weighted by molar-refractivity contribution is 6.54. The lowest BCUT2D eigenvalue weighted by atomic mass is 10.1. The fourth-order valence-corrected chi connectivity index (χ4v) is 3.90. The lowest BCUT2D eigenvalue weighted by Crippen LogP contribution is -2.42. The average molecular weight is 495 g/mol. The SMILES string of the molecule is O=C(NNC(=O)c1c(Cl)c(Cl)c(Cl)c(Cl)c1-c1nc2ccccc2[nH]1)c1ccccn1. The van der Waals surface area contributed by atoms with Gasteiger partial charge in [0.1, 0.15) is 11.5 Å². The first kappa shape index (κ1) is 21.4. The molecule has 0 aliphatic carbocycles. The van der Waals surface area contributed by atoms with Crippen LogP contribution in [-0.4, -0.2) is 26.8 Å². The smallest absolute Gasteiger partial charge is 0.288 e. The number of para-hydroxylation sites is 2. The van der Waals surface area contributed by atoms with E-state index in [0.717, 1.165) is 0 Å². The molecule has 3 N–H and O–H groups in total. The van der Waals surface area contributed by atoms with E-state index in [-0.39, 0.29) is 42.7 Å². The van der Waals surface area contributed by atoms with E-state index in [2.05, 4.69) is 25.8 Å². The van der Waals surface area contributed by atoms with E-state index in [1.165, 1.54) is 12.3 Å². The number of H-pyrrole nitrogens is 1. The molecule has 2 aromatic carbocycles. The lowest BCUT2D eigenvalue weighted by Gasteiger charge is -2.15. The van der Waals surface area contributed by atoms with E-state index in [9.17, 15) is 9.59 Å². The van der Waals surface area contributed by atoms with Crippen molar-refractivity contribution in [1.29, 1.82) is 0 Å². The van der Waals surface area contributed by atoms with Crippen molar-refractivity contribution in [3.8, 4) is 11.4 Å². The second kappa shape index (κ2) is 8.72. The topological polar surface area (TPSA) is 99.8 Å². The third kappa shape index (κ3) is 4.05. The second-order valence-corrected chi connectivity index (χ2v) is 7.74. The van der Waals surface area contributed by atoms with E-state index in [1.54, 1.807) is 18.2 Å². The number of benzene rings is 2. The molecule has 156 valence electrons. The number of aromatic amines is 1. The van der Waals surface area contributed by atoms with E-state index < -0.39 is 11.8 Å². The minimum atomic E-state index is -0.773. The number of pyridine rings is 1. The minimum Gasteiger partial charge on any atom is -0.338 e. The van der Waals surface area contributed by atoms with Gasteiger partial charge in [0.2, 0.25) is 0 Å². The molecule has 0 saturated carbocycles. The number of rotatable bonds is 3. The van der Waals surface area contributed by atoms with Gasteiger partial charge in [0.15, 0.2) is 0 Å². The van der Waals surface area contributed by atoms with Crippen LogP contribution in [0.25, 0.3) is 22.4 Å². The van der Waals surface area contributed by atoms with Gasteiger partial charge in [0, 0.05) is 6.20 Å². The average Bonchev–Trinajstić information content (AvgIpc) is 3.22. The fraction of sp³-hybridized carbons (Fsp3) is 0. The van der Waals surface area contributed by atoms with Crippen LogP contribution in [0, 0.1) is 0 Å². The summed E-state index contributed by atoms with van der Waals surface area (Å²) >= 11 is 25.2. The molecular weight excluding hydrogens is 484 g/mol. The summed E-state index contributed by atoms with van der Waals surface area (Å²) in [6.07, 6.45) is 1.45. The van der Waals surface area contributed by atoms with Crippen LogP contribution in [0.15, 0.2) is 48.7 Å². The van der Waals surface area contributed by atoms with Gasteiger partial charge in [-0.1, -0.05) is 64.6 Å². The first-order chi connectivity index (χ1) is 14.9. The summed E-state index contributed by atoms with van der Waals surface area (Å²) < 4.78 is 0. The molecule has 0 unspecified atom stereocenters. The maximum absolute atomic E-state index is 13.0. The van der Waals surface area contributed by atoms with Crippen LogP contribution >= 0.6 is 46.4 Å². The highest BCUT2D eigenvalue weighted by Crippen LogP contribution is 2.45. The molecule has 2 amide bonds. The number of nitrogens with one attached hydrogen (secondary N) is 3. The highest BCUT2D eigenvalue weighted by atomic mass is 35.5. The molecule has 7 nitrogen and oxygen atoms in total. The quantitative estimate of drug-likeness (QED) is 0.204. The number of hydrogen-bond acceptors (Lipinski definition) is 4. The van der Waals surface area contributed by atoms with Crippen molar-refractivity contribution in [2.45, 2.75) is 0 Å². The van der Waals surface area contributed by atoms with Gasteiger partial charge in [-0.25, -0.2) is 4.98 Å². The number of hydrazine groups is 1. The molecule has 0 aliphatic rings. The maximum Gasteiger partial charge on any atom is 0.288 e. The van der Waals surface area contributed by atoms with Crippen LogP contribution in [0.5, 0.6) is 0 Å². The normalized spacial score (nSPS) is 10.8. The van der Waals surface area contributed by atoms with Gasteiger partial charge in [-0.15, -0.1) is 0 Å². The number of carbonyl (C=O) groups is 2. The summed E-state index contributed by atoms with van der Waals surface area (Å²) in [5.41, 5.74) is 6.06. The molecule has 0 fully saturated rings. The van der Waals surface area contributed by atoms with Gasteiger partial charge in [-0.3, -0.25) is 25.4 Å². The first-order valence-corrected chi connectivity index (χ1v) is 10.2. The highest BCUT2D eigenvalue weighted by Gasteiger charge is 2.28. The predicted octanol–water partition coefficient (Wildman–Crippen LogP) is 5.31. The molecule has 2 heterocycles. The number of imidazole rings is 1. The summed E-state index contributed by atoms with van der Waals surface area (Å²) in [5, 5.41) is -0.292. The minimum absolute atomic E-state index is 0.0173. The van der Waals surface area contributed by atoms with Crippen LogP contribution in [0.2, 0.25) is 20.1 Å². The summed E-state index contributed by atoms with van der Waals surface area (Å²) in [6.45, 7) is 0. The number of fused-ring (bicyclic) bond motifs is 1. The molecule has 31 heavy (non-hydrogen) atoms. The zero-order valence-electron chi connectivity index (χ0n) is 15.3. The van der Waals surface area contributed by atoms with Gasteiger partial charge < -0.3 is 4.98 Å². The molecule has 0 radical (unpaired) electrons. The Morgan fingerprint density at radius 1 is 0.806 bits per heavy atom. The van der Waals surface area contributed by atoms with Gasteiger partial charge >= 0.3 is 0 Å². The van der Waals surface area contributed by atoms with Crippen LogP contribution in [0.1, 0.15) is 20.8 Å². The summed E-state index contributed by atoms with van der Waals surface area (Å²) in [5.74, 6) is -1.14. The van der Waals surface area contributed by atoms with Gasteiger partial charge in [0.25, 0.3) is 11.8 Å². The van der Waals surface area contributed by atoms with Crippen LogP contribution in [0.3, 0.4) is 0 Å². The summed E-state index contributed by atoms with van der Waals surface area (Å²) in [7, 11) is 0. The molecular formula is C20H11Cl4N5O2. The van der Waals surface area contributed by atoms with E-state index in [1.807, 2.05) is 18.2 Å². The summed E-state index contributed by atoms with van der Waals surface area (Å²) in [4.78, 5) is 36.7. The van der Waals surface area contributed by atoms with E-state index >= 15 is 0 Å². The van der Waals surface area contributed by atoms with Crippen molar-refractivity contribution in [3.63, 3.8) is 0 Å². The van der Waals surface area contributed by atoms with E-state index in [4.69, 9.17) is 46.4 Å². The Bertz CT molecular complexity index is 1290. The number of carbonyl (C=O) groups excluding carboxylic acids is 2. The standard InChI is InChI=1S/C20H11Cl4N5O2/c21-14-12(18-26-9-5-1-2-6-10(9)27-18)13(15(22)17(24)16(14)23)20(31)29-28-19(30)11-7-3-4-8-25-11/h1-8H,(H,26,27)(H,28,30)(H,29,31). The van der Waals surface area contributed by atoms with E-state index in [0.29, 0.717) is 11.0 Å². The zero-order valence-corrected chi connectivity index (χ0v) is 18.4. The molecule has 0 bridgehead atoms. The number of hydrogen-bond donors (Lipinski definition) is 3. The Kier molecular flexibility index (Phi) is 6.02. The molecule has 0 spiro atoms. The molecule has 2 aromatic heterocycles. The van der Waals surface area contributed by atoms with Crippen molar-refractivity contribution in [2.75, 3.05) is 0 Å². The first-order valence-electron chi connectivity index (χ1n) is 8.71. The number of aromatic nitrogens is 3. The molecule has 0 atom stereocenters. The van der Waals surface area contributed by atoms with Crippen molar-refractivity contribution < 1.29 is 9.59 Å². The Morgan fingerprint density at radius 3 is 2.19 bits per heavy atom. The summed E-state index contributed by atoms with van der Waals surface area (Å²) in [6, 6.07) is 12.0. The number of halogens is 4. The third-order valence-electron chi connectivity index (χ3n) is 4.31. The van der Waals surface area contributed by atoms with Crippen LogP contribution in [0.4, 0.5) is 0 Å². The maximum atomic E-state index is 13.0. The Labute approximate surface area is 195 Å². The van der Waals surface area contributed by atoms with Crippen molar-refractivity contribution in [1.82, 2.24) is 25.8 Å². The number of nitrogens with zero attached hydrogens (tertiary/aromatic N) is 2. The van der Waals surface area contributed by atoms with Crippen molar-refractivity contribution >= 4 is 69.3 Å². The lowest BCUT2D eigenvalue weighted by molar-refractivity contribution is 0.0844. The Hall–Kier alpha value is -2.84. The predicted molar refractivity (Wildman–Crippen MR) is 121 cm³/mol.